The second-order valence-corrected chi connectivity index (χ2v) is 2.98. The van der Waals surface area contributed by atoms with Crippen molar-refractivity contribution in [3.05, 3.63) is 59.7 Å². The zero-order valence-corrected chi connectivity index (χ0v) is 7.35. The van der Waals surface area contributed by atoms with Crippen LogP contribution in [0.25, 0.3) is 0 Å². The van der Waals surface area contributed by atoms with Gasteiger partial charge in [-0.15, -0.1) is 0 Å². The molecule has 64 valence electrons. The van der Waals surface area contributed by atoms with E-state index in [4.69, 9.17) is 0 Å². The van der Waals surface area contributed by atoms with E-state index in [1.807, 2.05) is 30.5 Å². The summed E-state index contributed by atoms with van der Waals surface area (Å²) in [5.74, 6) is 0. The van der Waals surface area contributed by atoms with Crippen molar-refractivity contribution in [2.24, 2.45) is 4.99 Å². The first-order valence-corrected chi connectivity index (χ1v) is 4.37. The quantitative estimate of drug-likeness (QED) is 0.617. The Morgan fingerprint density at radius 3 is 2.54 bits per heavy atom. The third kappa shape index (κ3) is 2.15. The van der Waals surface area contributed by atoms with Crippen LogP contribution in [0.5, 0.6) is 0 Å². The second kappa shape index (κ2) is 3.85. The van der Waals surface area contributed by atoms with Crippen LogP contribution < -0.4 is 0 Å². The molecular weight excluding hydrogens is 158 g/mol. The molecule has 0 aromatic heterocycles. The first-order valence-electron chi connectivity index (χ1n) is 4.37. The summed E-state index contributed by atoms with van der Waals surface area (Å²) in [5, 5.41) is 0. The predicted molar refractivity (Wildman–Crippen MR) is 55.9 cm³/mol. The number of hydrogen-bond acceptors (Lipinski definition) is 1. The van der Waals surface area contributed by atoms with E-state index in [2.05, 4.69) is 29.3 Å². The Bertz CT molecular complexity index is 358. The van der Waals surface area contributed by atoms with Gasteiger partial charge in [0.05, 0.1) is 6.54 Å². The molecule has 0 saturated heterocycles. The highest BCUT2D eigenvalue weighted by atomic mass is 14.7. The number of aliphatic imine (C=N–C) groups is 1. The lowest BCUT2D eigenvalue weighted by Gasteiger charge is -1.99. The summed E-state index contributed by atoms with van der Waals surface area (Å²) in [7, 11) is 0. The van der Waals surface area contributed by atoms with Gasteiger partial charge in [-0.05, 0) is 11.1 Å². The van der Waals surface area contributed by atoms with Crippen LogP contribution >= 0.6 is 0 Å². The summed E-state index contributed by atoms with van der Waals surface area (Å²) in [6.45, 7) is 0.770. The van der Waals surface area contributed by atoms with Gasteiger partial charge >= 0.3 is 0 Å². The SMILES string of the molecule is C1=CC(C=NCc2ccccc2)=C1. The summed E-state index contributed by atoms with van der Waals surface area (Å²) in [4.78, 5) is 4.32. The molecule has 1 aromatic carbocycles. The van der Waals surface area contributed by atoms with E-state index in [1.54, 1.807) is 0 Å². The highest BCUT2D eigenvalue weighted by Gasteiger charge is 1.91. The molecule has 13 heavy (non-hydrogen) atoms. The van der Waals surface area contributed by atoms with Gasteiger partial charge in [-0.1, -0.05) is 48.6 Å². The van der Waals surface area contributed by atoms with E-state index in [0.717, 1.165) is 6.54 Å². The van der Waals surface area contributed by atoms with Crippen molar-refractivity contribution < 1.29 is 0 Å². The lowest BCUT2D eigenvalue weighted by molar-refractivity contribution is 1.08. The summed E-state index contributed by atoms with van der Waals surface area (Å²) in [5.41, 5.74) is 2.46. The molecule has 1 aromatic rings. The molecule has 0 N–H and O–H groups in total. The van der Waals surface area contributed by atoms with Gasteiger partial charge in [0, 0.05) is 6.21 Å². The minimum absolute atomic E-state index is 0.770. The molecule has 0 unspecified atom stereocenters. The summed E-state index contributed by atoms with van der Waals surface area (Å²) < 4.78 is 0. The molecule has 0 fully saturated rings. The van der Waals surface area contributed by atoms with E-state index in [0.29, 0.717) is 0 Å². The van der Waals surface area contributed by atoms with Gasteiger partial charge in [0.25, 0.3) is 0 Å². The van der Waals surface area contributed by atoms with Crippen LogP contribution in [0.15, 0.2) is 59.1 Å². The van der Waals surface area contributed by atoms with Gasteiger partial charge < -0.3 is 0 Å². The fourth-order valence-electron chi connectivity index (χ4n) is 1.13. The molecule has 0 bridgehead atoms. The molecular formula is C12H11N. The normalized spacial score (nSPS) is 14.3. The molecule has 0 saturated carbocycles. The van der Waals surface area contributed by atoms with Gasteiger partial charge in [-0.3, -0.25) is 4.99 Å². The topological polar surface area (TPSA) is 12.4 Å². The van der Waals surface area contributed by atoms with E-state index >= 15 is 0 Å². The van der Waals surface area contributed by atoms with Gasteiger partial charge in [-0.25, -0.2) is 0 Å². The largest absolute Gasteiger partial charge is 0.288 e. The first kappa shape index (κ1) is 7.99. The van der Waals surface area contributed by atoms with Gasteiger partial charge in [0.15, 0.2) is 0 Å². The van der Waals surface area contributed by atoms with Crippen molar-refractivity contribution in [3.8, 4) is 0 Å². The third-order valence-corrected chi connectivity index (χ3v) is 1.93. The van der Waals surface area contributed by atoms with Crippen molar-refractivity contribution >= 4 is 6.21 Å². The van der Waals surface area contributed by atoms with Crippen LogP contribution in [0.1, 0.15) is 5.56 Å². The Balaban J connectivity index is 1.89. The average molecular weight is 169 g/mol. The van der Waals surface area contributed by atoms with E-state index in [1.165, 1.54) is 11.1 Å². The van der Waals surface area contributed by atoms with Crippen molar-refractivity contribution in [1.29, 1.82) is 0 Å². The maximum absolute atomic E-state index is 4.32. The Labute approximate surface area is 78.1 Å². The molecule has 1 aliphatic rings. The summed E-state index contributed by atoms with van der Waals surface area (Å²) >= 11 is 0. The Kier molecular flexibility index (Phi) is 2.37. The van der Waals surface area contributed by atoms with Crippen LogP contribution in [0, 0.1) is 0 Å². The minimum atomic E-state index is 0.770. The third-order valence-electron chi connectivity index (χ3n) is 1.93. The maximum atomic E-state index is 4.32. The number of hydrogen-bond donors (Lipinski definition) is 0. The number of allylic oxidation sites excluding steroid dienone is 4. The summed E-state index contributed by atoms with van der Waals surface area (Å²) in [6, 6.07) is 10.3. The molecule has 0 spiro atoms. The Morgan fingerprint density at radius 1 is 1.15 bits per heavy atom. The van der Waals surface area contributed by atoms with Crippen LogP contribution in [0.3, 0.4) is 0 Å². The highest BCUT2D eigenvalue weighted by Crippen LogP contribution is 2.05. The molecule has 0 aliphatic heterocycles. The smallest absolute Gasteiger partial charge is 0.0639 e. The predicted octanol–water partition coefficient (Wildman–Crippen LogP) is 2.75. The fourth-order valence-corrected chi connectivity index (χ4v) is 1.13. The molecule has 0 heterocycles. The first-order chi connectivity index (χ1) is 6.45. The van der Waals surface area contributed by atoms with Gasteiger partial charge in [0.1, 0.15) is 0 Å². The molecule has 0 radical (unpaired) electrons. The molecule has 1 aliphatic carbocycles. The molecule has 0 atom stereocenters. The summed E-state index contributed by atoms with van der Waals surface area (Å²) in [6.07, 6.45) is 8.03. The highest BCUT2D eigenvalue weighted by molar-refractivity contribution is 5.85. The average Bonchev–Trinajstić information content (AvgIpc) is 2.11. The van der Waals surface area contributed by atoms with E-state index in [-0.39, 0.29) is 0 Å². The van der Waals surface area contributed by atoms with Crippen LogP contribution in [0.2, 0.25) is 0 Å². The maximum Gasteiger partial charge on any atom is 0.0639 e. The Morgan fingerprint density at radius 2 is 1.92 bits per heavy atom. The number of benzene rings is 1. The van der Waals surface area contributed by atoms with E-state index < -0.39 is 0 Å². The molecule has 1 nitrogen and oxygen atoms in total. The molecule has 0 amide bonds. The van der Waals surface area contributed by atoms with Crippen molar-refractivity contribution in [2.45, 2.75) is 6.54 Å². The van der Waals surface area contributed by atoms with Crippen LogP contribution in [-0.4, -0.2) is 6.21 Å². The van der Waals surface area contributed by atoms with Crippen molar-refractivity contribution in [1.82, 2.24) is 0 Å². The lowest BCUT2D eigenvalue weighted by atomic mass is 10.1. The zero-order chi connectivity index (χ0) is 8.93. The minimum Gasteiger partial charge on any atom is -0.288 e. The molecule has 1 heteroatoms. The fraction of sp³-hybridized carbons (Fsp3) is 0.0833. The zero-order valence-electron chi connectivity index (χ0n) is 7.35. The number of rotatable bonds is 3. The van der Waals surface area contributed by atoms with Crippen molar-refractivity contribution in [3.63, 3.8) is 0 Å². The van der Waals surface area contributed by atoms with Crippen LogP contribution in [-0.2, 0) is 6.54 Å². The van der Waals surface area contributed by atoms with Gasteiger partial charge in [-0.2, -0.15) is 0 Å². The Hall–Kier alpha value is -1.63. The monoisotopic (exact) mass is 169 g/mol. The van der Waals surface area contributed by atoms with E-state index in [9.17, 15) is 0 Å². The lowest BCUT2D eigenvalue weighted by Crippen LogP contribution is -1.87. The standard InChI is InChI=1S/C12H11N/c1-2-5-11(6-3-1)9-13-10-12-7-4-8-12/h1-8,10H,9H2. The van der Waals surface area contributed by atoms with Gasteiger partial charge in [0.2, 0.25) is 0 Å². The van der Waals surface area contributed by atoms with Crippen molar-refractivity contribution in [2.75, 3.05) is 0 Å². The molecule has 2 rings (SSSR count). The second-order valence-electron chi connectivity index (χ2n) is 2.98. The number of nitrogens with zero attached hydrogens (tertiary/aromatic N) is 1. The van der Waals surface area contributed by atoms with Crippen LogP contribution in [0.4, 0.5) is 0 Å².